The Morgan fingerprint density at radius 2 is 1.67 bits per heavy atom. The van der Waals surface area contributed by atoms with E-state index in [-0.39, 0.29) is 57.4 Å². The van der Waals surface area contributed by atoms with Crippen LogP contribution in [0.3, 0.4) is 0 Å². The van der Waals surface area contributed by atoms with Gasteiger partial charge in [0.25, 0.3) is 0 Å². The van der Waals surface area contributed by atoms with Gasteiger partial charge in [0.2, 0.25) is 5.43 Å². The number of nitrogens with zero attached hydrogens (tertiary/aromatic N) is 2. The Morgan fingerprint density at radius 3 is 2.14 bits per heavy atom. The molecule has 0 spiro atoms. The summed E-state index contributed by atoms with van der Waals surface area (Å²) >= 11 is 0. The van der Waals surface area contributed by atoms with Crippen molar-refractivity contribution in [3.05, 3.63) is 27.7 Å². The fourth-order valence-electron chi connectivity index (χ4n) is 2.18. The number of aliphatic hydroxyl groups is 4. The Balaban J connectivity index is 3.23. The third-order valence-electron chi connectivity index (χ3n) is 3.17. The fraction of sp³-hybridized carbons (Fsp3) is 0.615. The maximum Gasteiger partial charge on any atom is 0.223 e. The molecule has 8 heteroatoms. The van der Waals surface area contributed by atoms with Crippen LogP contribution in [0.2, 0.25) is 0 Å². The van der Waals surface area contributed by atoms with Crippen LogP contribution in [-0.4, -0.2) is 67.9 Å². The first-order valence-corrected chi connectivity index (χ1v) is 6.69. The van der Waals surface area contributed by atoms with E-state index in [1.807, 2.05) is 0 Å². The number of aromatic nitrogens is 1. The van der Waals surface area contributed by atoms with E-state index in [0.29, 0.717) is 0 Å². The molecule has 1 rings (SSSR count). The van der Waals surface area contributed by atoms with Crippen LogP contribution in [0, 0.1) is 0 Å². The van der Waals surface area contributed by atoms with Crippen LogP contribution in [0.15, 0.2) is 10.9 Å². The molecular formula is C13H22N2O6. The molecule has 0 fully saturated rings. The van der Waals surface area contributed by atoms with Gasteiger partial charge in [-0.05, 0) is 0 Å². The Hall–Kier alpha value is -1.45. The minimum Gasteiger partial charge on any atom is -0.503 e. The lowest BCUT2D eigenvalue weighted by molar-refractivity contribution is 0.150. The minimum absolute atomic E-state index is 0.107. The van der Waals surface area contributed by atoms with Gasteiger partial charge in [0.05, 0.1) is 32.1 Å². The highest BCUT2D eigenvalue weighted by Gasteiger charge is 2.17. The topological polar surface area (TPSA) is 126 Å². The molecule has 1 aromatic rings. The van der Waals surface area contributed by atoms with E-state index in [0.717, 1.165) is 6.07 Å². The number of pyridine rings is 1. The molecule has 0 aliphatic heterocycles. The lowest BCUT2D eigenvalue weighted by atomic mass is 10.2. The van der Waals surface area contributed by atoms with E-state index in [9.17, 15) is 15.0 Å². The second-order valence-corrected chi connectivity index (χ2v) is 4.55. The molecule has 0 saturated heterocycles. The largest absolute Gasteiger partial charge is 0.503 e. The van der Waals surface area contributed by atoms with Gasteiger partial charge in [-0.2, -0.15) is 0 Å². The quantitative estimate of drug-likeness (QED) is 0.351. The van der Waals surface area contributed by atoms with Crippen LogP contribution >= 0.6 is 0 Å². The van der Waals surface area contributed by atoms with Crippen molar-refractivity contribution in [1.29, 1.82) is 0 Å². The molecule has 0 unspecified atom stereocenters. The number of rotatable bonds is 9. The van der Waals surface area contributed by atoms with Gasteiger partial charge in [0.1, 0.15) is 0 Å². The summed E-state index contributed by atoms with van der Waals surface area (Å²) in [5.74, 6) is -0.457. The molecule has 0 saturated carbocycles. The van der Waals surface area contributed by atoms with Crippen LogP contribution in [0.25, 0.3) is 0 Å². The van der Waals surface area contributed by atoms with Gasteiger partial charge < -0.3 is 30.1 Å². The summed E-state index contributed by atoms with van der Waals surface area (Å²) in [6.07, 6.45) is 0. The van der Waals surface area contributed by atoms with Gasteiger partial charge >= 0.3 is 0 Å². The molecule has 120 valence electrons. The second kappa shape index (κ2) is 8.75. The van der Waals surface area contributed by atoms with Gasteiger partial charge in [0.15, 0.2) is 5.75 Å². The van der Waals surface area contributed by atoms with Gasteiger partial charge in [-0.3, -0.25) is 9.69 Å². The maximum atomic E-state index is 11.7. The molecular weight excluding hydrogens is 280 g/mol. The third kappa shape index (κ3) is 4.51. The molecule has 0 aliphatic carbocycles. The summed E-state index contributed by atoms with van der Waals surface area (Å²) in [4.78, 5) is 13.4. The summed E-state index contributed by atoms with van der Waals surface area (Å²) in [6, 6.07) is 1.12. The van der Waals surface area contributed by atoms with Crippen molar-refractivity contribution in [3.63, 3.8) is 0 Å². The van der Waals surface area contributed by atoms with E-state index in [1.165, 1.54) is 4.57 Å². The summed E-state index contributed by atoms with van der Waals surface area (Å²) in [5, 5.41) is 46.4. The average molecular weight is 302 g/mol. The normalized spacial score (nSPS) is 11.3. The van der Waals surface area contributed by atoms with E-state index in [4.69, 9.17) is 15.3 Å². The monoisotopic (exact) mass is 302 g/mol. The molecule has 8 nitrogen and oxygen atoms in total. The van der Waals surface area contributed by atoms with Gasteiger partial charge in [-0.1, -0.05) is 0 Å². The zero-order valence-electron chi connectivity index (χ0n) is 11.8. The molecule has 1 heterocycles. The first kappa shape index (κ1) is 17.6. The van der Waals surface area contributed by atoms with Crippen molar-refractivity contribution in [1.82, 2.24) is 9.47 Å². The van der Waals surface area contributed by atoms with Crippen molar-refractivity contribution in [2.75, 3.05) is 32.9 Å². The number of hydrogen-bond acceptors (Lipinski definition) is 7. The van der Waals surface area contributed by atoms with Crippen molar-refractivity contribution in [2.45, 2.75) is 19.7 Å². The van der Waals surface area contributed by atoms with E-state index < -0.39 is 17.8 Å². The lowest BCUT2D eigenvalue weighted by Gasteiger charge is -2.24. The molecule has 0 bridgehead atoms. The summed E-state index contributed by atoms with van der Waals surface area (Å²) in [5.41, 5.74) is -0.0894. The Bertz CT molecular complexity index is 496. The SMILES string of the molecule is O=c1cc(CO)n(CCO)c(CN(CCO)CCO)c1O. The molecule has 0 atom stereocenters. The van der Waals surface area contributed by atoms with E-state index in [1.54, 1.807) is 4.90 Å². The summed E-state index contributed by atoms with van der Waals surface area (Å²) in [7, 11) is 0. The van der Waals surface area contributed by atoms with Crippen LogP contribution in [0.1, 0.15) is 11.4 Å². The second-order valence-electron chi connectivity index (χ2n) is 4.55. The van der Waals surface area contributed by atoms with Crippen LogP contribution in [-0.2, 0) is 19.7 Å². The molecule has 0 aromatic carbocycles. The van der Waals surface area contributed by atoms with Crippen molar-refractivity contribution in [3.8, 4) is 5.75 Å². The minimum atomic E-state index is -0.615. The zero-order valence-corrected chi connectivity index (χ0v) is 11.8. The van der Waals surface area contributed by atoms with Gasteiger partial charge in [-0.25, -0.2) is 0 Å². The van der Waals surface area contributed by atoms with E-state index >= 15 is 0 Å². The van der Waals surface area contributed by atoms with Crippen molar-refractivity contribution >= 4 is 0 Å². The summed E-state index contributed by atoms with van der Waals surface area (Å²) in [6.45, 7) is -0.144. The van der Waals surface area contributed by atoms with Crippen molar-refractivity contribution < 1.29 is 25.5 Å². The highest BCUT2D eigenvalue weighted by Crippen LogP contribution is 2.17. The summed E-state index contributed by atoms with van der Waals surface area (Å²) < 4.78 is 1.47. The van der Waals surface area contributed by atoms with Crippen molar-refractivity contribution in [2.24, 2.45) is 0 Å². The molecule has 21 heavy (non-hydrogen) atoms. The van der Waals surface area contributed by atoms with Gasteiger partial charge in [-0.15, -0.1) is 0 Å². The van der Waals surface area contributed by atoms with Crippen LogP contribution < -0.4 is 5.43 Å². The molecule has 5 N–H and O–H groups in total. The standard InChI is InChI=1S/C13H22N2O6/c16-4-1-14(2-5-17)8-11-13(21)12(20)7-10(9-19)15(11)3-6-18/h7,16-19,21H,1-6,8-9H2. The number of aliphatic hydroxyl groups excluding tert-OH is 4. The van der Waals surface area contributed by atoms with Crippen LogP contribution in [0.4, 0.5) is 0 Å². The van der Waals surface area contributed by atoms with E-state index in [2.05, 4.69) is 0 Å². The number of hydrogen-bond donors (Lipinski definition) is 5. The Morgan fingerprint density at radius 1 is 1.05 bits per heavy atom. The predicted molar refractivity (Wildman–Crippen MR) is 74.8 cm³/mol. The number of aromatic hydroxyl groups is 1. The first-order chi connectivity index (χ1) is 10.1. The third-order valence-corrected chi connectivity index (χ3v) is 3.17. The Kier molecular flexibility index (Phi) is 7.34. The first-order valence-electron chi connectivity index (χ1n) is 6.69. The lowest BCUT2D eigenvalue weighted by Crippen LogP contribution is -2.32. The Labute approximate surface area is 122 Å². The molecule has 1 aromatic heterocycles. The molecule has 0 aliphatic rings. The smallest absolute Gasteiger partial charge is 0.223 e. The molecule has 0 amide bonds. The fourth-order valence-corrected chi connectivity index (χ4v) is 2.18. The maximum absolute atomic E-state index is 11.7. The zero-order chi connectivity index (χ0) is 15.8. The predicted octanol–water partition coefficient (Wildman–Crippen LogP) is -2.17. The van der Waals surface area contributed by atoms with Gasteiger partial charge in [0, 0.05) is 37.9 Å². The highest BCUT2D eigenvalue weighted by atomic mass is 16.3. The molecule has 0 radical (unpaired) electrons. The van der Waals surface area contributed by atoms with Crippen LogP contribution in [0.5, 0.6) is 5.75 Å². The highest BCUT2D eigenvalue weighted by molar-refractivity contribution is 5.30. The average Bonchev–Trinajstić information content (AvgIpc) is 2.47.